The number of rotatable bonds is 8. The maximum Gasteiger partial charge on any atom is 0.436 e. The van der Waals surface area contributed by atoms with Gasteiger partial charge in [-0.1, -0.05) is 49.4 Å². The summed E-state index contributed by atoms with van der Waals surface area (Å²) < 4.78 is 5.49. The van der Waals surface area contributed by atoms with E-state index in [-0.39, 0.29) is 30.7 Å². The van der Waals surface area contributed by atoms with Gasteiger partial charge < -0.3 is 24.7 Å². The van der Waals surface area contributed by atoms with Crippen molar-refractivity contribution in [3.8, 4) is 5.75 Å². The van der Waals surface area contributed by atoms with Crippen molar-refractivity contribution < 1.29 is 34.2 Å². The third-order valence-electron chi connectivity index (χ3n) is 6.78. The maximum atomic E-state index is 13.8. The van der Waals surface area contributed by atoms with E-state index < -0.39 is 36.9 Å². The second-order valence-corrected chi connectivity index (χ2v) is 9.34. The number of phenols is 1. The second-order valence-electron chi connectivity index (χ2n) is 9.34. The van der Waals surface area contributed by atoms with Crippen LogP contribution in [0.25, 0.3) is 0 Å². The Labute approximate surface area is 215 Å². The minimum absolute atomic E-state index is 0.0295. The Bertz CT molecular complexity index is 1090. The fourth-order valence-corrected chi connectivity index (χ4v) is 4.55. The van der Waals surface area contributed by atoms with Gasteiger partial charge in [0.2, 0.25) is 5.91 Å². The highest BCUT2D eigenvalue weighted by Crippen LogP contribution is 2.30. The quantitative estimate of drug-likeness (QED) is 0.557. The number of carbonyl (C=O) groups is 3. The van der Waals surface area contributed by atoms with Gasteiger partial charge in [-0.15, -0.1) is 0 Å². The highest BCUT2D eigenvalue weighted by Gasteiger charge is 2.53. The van der Waals surface area contributed by atoms with E-state index in [1.165, 1.54) is 4.90 Å². The van der Waals surface area contributed by atoms with E-state index in [0.717, 1.165) is 16.2 Å². The lowest BCUT2D eigenvalue weighted by atomic mass is 9.98. The van der Waals surface area contributed by atoms with Gasteiger partial charge in [-0.3, -0.25) is 14.4 Å². The van der Waals surface area contributed by atoms with Crippen LogP contribution < -0.4 is 0 Å². The molecule has 0 saturated carbocycles. The Morgan fingerprint density at radius 2 is 1.78 bits per heavy atom. The third-order valence-corrected chi connectivity index (χ3v) is 6.78. The Kier molecular flexibility index (Phi) is 8.30. The predicted octanol–water partition coefficient (Wildman–Crippen LogP) is 2.09. The average molecular weight is 512 g/mol. The van der Waals surface area contributed by atoms with Crippen LogP contribution in [0.15, 0.2) is 54.6 Å². The molecule has 2 N–H and O–H groups in total. The number of hydrogen-bond donors (Lipinski definition) is 2. The summed E-state index contributed by atoms with van der Waals surface area (Å²) in [6, 6.07) is 15.2. The summed E-state index contributed by atoms with van der Waals surface area (Å²) in [5.41, 5.74) is 1.78. The van der Waals surface area contributed by atoms with Gasteiger partial charge in [-0.25, -0.2) is 4.79 Å². The molecule has 0 bridgehead atoms. The molecule has 2 fully saturated rings. The Balaban J connectivity index is 1.65. The van der Waals surface area contributed by atoms with E-state index in [9.17, 15) is 24.6 Å². The molecule has 2 aromatic rings. The number of aliphatic hydroxyl groups is 1. The van der Waals surface area contributed by atoms with Gasteiger partial charge in [-0.2, -0.15) is 5.06 Å². The lowest BCUT2D eigenvalue weighted by Crippen LogP contribution is -2.74. The monoisotopic (exact) mass is 511 g/mol. The smallest absolute Gasteiger partial charge is 0.436 e. The van der Waals surface area contributed by atoms with Crippen molar-refractivity contribution in [3.05, 3.63) is 65.7 Å². The summed E-state index contributed by atoms with van der Waals surface area (Å²) in [5, 5.41) is 20.4. The zero-order chi connectivity index (χ0) is 26.5. The van der Waals surface area contributed by atoms with Crippen LogP contribution in [0.5, 0.6) is 5.75 Å². The number of ether oxygens (including phenoxy) is 1. The van der Waals surface area contributed by atoms with Gasteiger partial charge in [-0.05, 0) is 43.0 Å². The minimum Gasteiger partial charge on any atom is -0.508 e. The van der Waals surface area contributed by atoms with Crippen molar-refractivity contribution in [3.63, 3.8) is 0 Å². The summed E-state index contributed by atoms with van der Waals surface area (Å²) in [6.07, 6.45) is -2.06. The lowest BCUT2D eigenvalue weighted by Gasteiger charge is -2.52. The molecule has 3 amide bonds. The number of aliphatic hydroxyl groups excluding tert-OH is 1. The molecule has 10 nitrogen and oxygen atoms in total. The Hall–Kier alpha value is -3.63. The molecule has 0 aromatic heterocycles. The van der Waals surface area contributed by atoms with Crippen LogP contribution in [-0.2, 0) is 32.0 Å². The number of benzene rings is 2. The lowest BCUT2D eigenvalue weighted by molar-refractivity contribution is -0.271. The van der Waals surface area contributed by atoms with Crippen molar-refractivity contribution in [2.45, 2.75) is 57.5 Å². The standard InChI is InChI=1S/C27H33N3O7/c1-3-18(2)36-27(35)30-24-16-28(14-13-19-9-11-21(32)12-10-19)25(33)22(15-20-7-5-4-6-8-20)29(24)26(34)23(17-31)37-30/h4-12,18,22-24,31-32H,3,13-17H2,1-2H3/t18-,22-,23+,24?/m0/s1. The van der Waals surface area contributed by atoms with Crippen LogP contribution in [0.4, 0.5) is 4.79 Å². The van der Waals surface area contributed by atoms with E-state index in [4.69, 9.17) is 9.57 Å². The summed E-state index contributed by atoms with van der Waals surface area (Å²) in [6.45, 7) is 3.35. The normalized spacial score (nSPS) is 22.6. The van der Waals surface area contributed by atoms with Crippen LogP contribution >= 0.6 is 0 Å². The van der Waals surface area contributed by atoms with Crippen LogP contribution in [0.1, 0.15) is 31.4 Å². The van der Waals surface area contributed by atoms with E-state index in [1.54, 1.807) is 36.1 Å². The first-order valence-electron chi connectivity index (χ1n) is 12.5. The Morgan fingerprint density at radius 3 is 2.43 bits per heavy atom. The summed E-state index contributed by atoms with van der Waals surface area (Å²) >= 11 is 0. The fourth-order valence-electron chi connectivity index (χ4n) is 4.55. The molecule has 0 aliphatic carbocycles. The van der Waals surface area contributed by atoms with Crippen molar-refractivity contribution in [2.24, 2.45) is 0 Å². The number of hydrogen-bond acceptors (Lipinski definition) is 7. The van der Waals surface area contributed by atoms with Crippen LogP contribution in [0.3, 0.4) is 0 Å². The van der Waals surface area contributed by atoms with Gasteiger partial charge in [0.15, 0.2) is 12.3 Å². The van der Waals surface area contributed by atoms with E-state index in [2.05, 4.69) is 0 Å². The van der Waals surface area contributed by atoms with Crippen molar-refractivity contribution in [1.82, 2.24) is 14.9 Å². The SMILES string of the molecule is CC[C@H](C)OC(=O)N1O[C@H](CO)C(=O)N2C1CN(CCc1ccc(O)cc1)C(=O)[C@@H]2Cc1ccccc1. The topological polar surface area (TPSA) is 120 Å². The molecule has 2 aliphatic rings. The van der Waals surface area contributed by atoms with Gasteiger partial charge >= 0.3 is 6.09 Å². The molecule has 0 spiro atoms. The molecule has 4 rings (SSSR count). The molecular formula is C27H33N3O7. The highest BCUT2D eigenvalue weighted by atomic mass is 16.7. The van der Waals surface area contributed by atoms with Crippen LogP contribution in [0, 0.1) is 0 Å². The summed E-state index contributed by atoms with van der Waals surface area (Å²) in [4.78, 5) is 48.8. The van der Waals surface area contributed by atoms with Gasteiger partial charge in [0, 0.05) is 13.0 Å². The van der Waals surface area contributed by atoms with Gasteiger partial charge in [0.1, 0.15) is 17.9 Å². The first-order chi connectivity index (χ1) is 17.8. The number of nitrogens with zero attached hydrogens (tertiary/aromatic N) is 3. The van der Waals surface area contributed by atoms with Crippen molar-refractivity contribution >= 4 is 17.9 Å². The number of aromatic hydroxyl groups is 1. The highest BCUT2D eigenvalue weighted by molar-refractivity contribution is 5.92. The number of carbonyl (C=O) groups excluding carboxylic acids is 3. The molecule has 37 heavy (non-hydrogen) atoms. The largest absolute Gasteiger partial charge is 0.508 e. The predicted molar refractivity (Wildman–Crippen MR) is 133 cm³/mol. The first kappa shape index (κ1) is 26.4. The number of amides is 3. The maximum absolute atomic E-state index is 13.8. The molecule has 198 valence electrons. The number of piperazine rings is 1. The van der Waals surface area contributed by atoms with Gasteiger partial charge in [0.25, 0.3) is 5.91 Å². The molecular weight excluding hydrogens is 478 g/mol. The molecule has 1 unspecified atom stereocenters. The number of phenolic OH excluding ortho intramolecular Hbond substituents is 1. The molecule has 2 saturated heterocycles. The van der Waals surface area contributed by atoms with Crippen LogP contribution in [-0.4, -0.2) is 87.1 Å². The van der Waals surface area contributed by atoms with E-state index in [1.807, 2.05) is 37.3 Å². The summed E-state index contributed by atoms with van der Waals surface area (Å²) in [7, 11) is 0. The van der Waals surface area contributed by atoms with Crippen LogP contribution in [0.2, 0.25) is 0 Å². The first-order valence-corrected chi connectivity index (χ1v) is 12.5. The zero-order valence-corrected chi connectivity index (χ0v) is 21.0. The molecule has 4 atom stereocenters. The molecule has 0 radical (unpaired) electrons. The fraction of sp³-hybridized carbons (Fsp3) is 0.444. The number of fused-ring (bicyclic) bond motifs is 1. The zero-order valence-electron chi connectivity index (χ0n) is 21.0. The Morgan fingerprint density at radius 1 is 1.08 bits per heavy atom. The van der Waals surface area contributed by atoms with Gasteiger partial charge in [0.05, 0.1) is 13.2 Å². The summed E-state index contributed by atoms with van der Waals surface area (Å²) in [5.74, 6) is -0.642. The molecule has 10 heteroatoms. The second kappa shape index (κ2) is 11.6. The third kappa shape index (κ3) is 5.86. The van der Waals surface area contributed by atoms with Crippen molar-refractivity contribution in [2.75, 3.05) is 19.7 Å². The molecule has 2 aromatic carbocycles. The molecule has 2 heterocycles. The average Bonchev–Trinajstić information content (AvgIpc) is 2.90. The number of hydroxylamine groups is 2. The minimum atomic E-state index is -1.32. The van der Waals surface area contributed by atoms with E-state index >= 15 is 0 Å². The molecule has 2 aliphatic heterocycles. The van der Waals surface area contributed by atoms with Crippen molar-refractivity contribution in [1.29, 1.82) is 0 Å². The van der Waals surface area contributed by atoms with E-state index in [0.29, 0.717) is 19.4 Å².